The lowest BCUT2D eigenvalue weighted by molar-refractivity contribution is -0.0114. The minimum atomic E-state index is -0.252. The highest BCUT2D eigenvalue weighted by atomic mass is 16.5. The summed E-state index contributed by atoms with van der Waals surface area (Å²) >= 11 is 0. The van der Waals surface area contributed by atoms with Crippen molar-refractivity contribution >= 4 is 28.5 Å². The SMILES string of the molecule is CCc1nc2c(cnn2CC)c(NC2CCOCC2)c1CNC(=O)c1cccc(C(=O)NCc2cc(C)cc(-c3cccc(CN4CC5CCNC[C@H]54)c3)c2)c1. The van der Waals surface area contributed by atoms with E-state index in [0.717, 1.165) is 103 Å². The maximum absolute atomic E-state index is 13.6. The Morgan fingerprint density at radius 3 is 2.43 bits per heavy atom. The van der Waals surface area contributed by atoms with Gasteiger partial charge in [-0.15, -0.1) is 0 Å². The molecule has 3 aromatic carbocycles. The number of aromatic nitrogens is 3. The Labute approximate surface area is 329 Å². The highest BCUT2D eigenvalue weighted by Gasteiger charge is 2.39. The molecule has 0 bridgehead atoms. The Kier molecular flexibility index (Phi) is 11.4. The molecule has 4 N–H and O–H groups in total. The van der Waals surface area contributed by atoms with Gasteiger partial charge in [-0.1, -0.05) is 48.9 Å². The van der Waals surface area contributed by atoms with Crippen LogP contribution >= 0.6 is 0 Å². The number of likely N-dealkylation sites (tertiary alicyclic amines) is 1. The summed E-state index contributed by atoms with van der Waals surface area (Å²) in [7, 11) is 0. The van der Waals surface area contributed by atoms with E-state index >= 15 is 0 Å². The lowest BCUT2D eigenvalue weighted by atomic mass is 9.83. The van der Waals surface area contributed by atoms with Crippen LogP contribution in [0.25, 0.3) is 22.2 Å². The van der Waals surface area contributed by atoms with E-state index in [1.165, 1.54) is 24.1 Å². The number of piperidine rings is 1. The van der Waals surface area contributed by atoms with E-state index in [0.29, 0.717) is 36.7 Å². The van der Waals surface area contributed by atoms with Crippen molar-refractivity contribution in [2.45, 2.75) is 84.7 Å². The Hall–Kier alpha value is -5.10. The first-order valence-electron chi connectivity index (χ1n) is 20.4. The Morgan fingerprint density at radius 1 is 0.893 bits per heavy atom. The van der Waals surface area contributed by atoms with Crippen LogP contribution in [0.2, 0.25) is 0 Å². The molecular weight excluding hydrogens is 701 g/mol. The van der Waals surface area contributed by atoms with Crippen LogP contribution in [0, 0.1) is 12.8 Å². The van der Waals surface area contributed by atoms with E-state index in [1.807, 2.05) is 10.9 Å². The second-order valence-corrected chi connectivity index (χ2v) is 15.6. The van der Waals surface area contributed by atoms with Crippen LogP contribution in [0.4, 0.5) is 5.69 Å². The summed E-state index contributed by atoms with van der Waals surface area (Å²) in [5, 5.41) is 19.1. The number of nitrogens with zero attached hydrogens (tertiary/aromatic N) is 4. The summed E-state index contributed by atoms with van der Waals surface area (Å²) in [6, 6.07) is 23.2. The number of amides is 2. The number of ether oxygens (including phenoxy) is 1. The zero-order valence-electron chi connectivity index (χ0n) is 32.9. The monoisotopic (exact) mass is 754 g/mol. The van der Waals surface area contributed by atoms with Gasteiger partial charge in [0.1, 0.15) is 0 Å². The number of hydrogen-bond donors (Lipinski definition) is 4. The Morgan fingerprint density at radius 2 is 1.66 bits per heavy atom. The van der Waals surface area contributed by atoms with Crippen LogP contribution in [0.3, 0.4) is 0 Å². The molecular formula is C45H54N8O3. The first kappa shape index (κ1) is 37.8. The van der Waals surface area contributed by atoms with Crippen molar-refractivity contribution in [2.75, 3.05) is 38.2 Å². The number of benzene rings is 3. The van der Waals surface area contributed by atoms with Crippen LogP contribution in [0.1, 0.15) is 81.8 Å². The van der Waals surface area contributed by atoms with Crippen LogP contribution in [-0.2, 0) is 37.3 Å². The number of carbonyl (C=O) groups excluding carboxylic acids is 2. The average Bonchev–Trinajstić information content (AvgIpc) is 3.64. The molecule has 5 aromatic rings. The van der Waals surface area contributed by atoms with Crippen LogP contribution in [0.5, 0.6) is 0 Å². The maximum atomic E-state index is 13.6. The fraction of sp³-hybridized carbons (Fsp3) is 0.422. The highest BCUT2D eigenvalue weighted by Crippen LogP contribution is 2.33. The molecule has 3 saturated heterocycles. The molecule has 0 spiro atoms. The molecule has 56 heavy (non-hydrogen) atoms. The normalized spacial score (nSPS) is 18.6. The fourth-order valence-corrected chi connectivity index (χ4v) is 8.69. The maximum Gasteiger partial charge on any atom is 0.251 e. The van der Waals surface area contributed by atoms with Crippen LogP contribution < -0.4 is 21.3 Å². The molecule has 3 aliphatic rings. The van der Waals surface area contributed by atoms with Crippen LogP contribution in [0.15, 0.2) is 72.9 Å². The van der Waals surface area contributed by atoms with Gasteiger partial charge >= 0.3 is 0 Å². The van der Waals surface area contributed by atoms with Crippen molar-refractivity contribution < 1.29 is 14.3 Å². The highest BCUT2D eigenvalue weighted by molar-refractivity contribution is 6.00. The van der Waals surface area contributed by atoms with Crippen molar-refractivity contribution in [3.8, 4) is 11.1 Å². The fourth-order valence-electron chi connectivity index (χ4n) is 8.69. The number of nitrogens with one attached hydrogen (secondary N) is 4. The predicted molar refractivity (Wildman–Crippen MR) is 221 cm³/mol. The Balaban J connectivity index is 0.926. The van der Waals surface area contributed by atoms with Gasteiger partial charge < -0.3 is 26.0 Å². The number of aryl methyl sites for hydroxylation is 3. The first-order valence-corrected chi connectivity index (χ1v) is 20.4. The molecule has 2 aromatic heterocycles. The van der Waals surface area contributed by atoms with Gasteiger partial charge in [0, 0.05) is 87.0 Å². The molecule has 292 valence electrons. The molecule has 11 heteroatoms. The van der Waals surface area contributed by atoms with E-state index in [-0.39, 0.29) is 17.9 Å². The van der Waals surface area contributed by atoms with Gasteiger partial charge in [0.15, 0.2) is 5.65 Å². The topological polar surface area (TPSA) is 125 Å². The molecule has 2 amide bonds. The summed E-state index contributed by atoms with van der Waals surface area (Å²) in [5.74, 6) is 0.356. The van der Waals surface area contributed by atoms with Crippen molar-refractivity contribution in [1.29, 1.82) is 0 Å². The van der Waals surface area contributed by atoms with Gasteiger partial charge in [0.05, 0.1) is 17.3 Å². The predicted octanol–water partition coefficient (Wildman–Crippen LogP) is 6.23. The summed E-state index contributed by atoms with van der Waals surface area (Å²) < 4.78 is 7.53. The van der Waals surface area contributed by atoms with Crippen molar-refractivity contribution in [3.05, 3.63) is 112 Å². The number of hydrogen-bond acceptors (Lipinski definition) is 8. The largest absolute Gasteiger partial charge is 0.381 e. The quantitative estimate of drug-likeness (QED) is 0.112. The van der Waals surface area contributed by atoms with Gasteiger partial charge in [-0.3, -0.25) is 14.5 Å². The summed E-state index contributed by atoms with van der Waals surface area (Å²) in [4.78, 5) is 34.7. The van der Waals surface area contributed by atoms with Gasteiger partial charge in [0.2, 0.25) is 0 Å². The summed E-state index contributed by atoms with van der Waals surface area (Å²) in [5.41, 5.74) is 10.4. The van der Waals surface area contributed by atoms with Crippen molar-refractivity contribution in [2.24, 2.45) is 5.92 Å². The number of anilines is 1. The lowest BCUT2D eigenvalue weighted by Crippen LogP contribution is -2.62. The molecule has 0 aliphatic carbocycles. The standard InChI is InChI=1S/C45H54N8O3/c1-4-40-38(42(50-37-13-16-56-17-14-37)39-25-49-53(5-2)43(39)51-40)24-48-45(55)34-11-7-10-33(22-34)44(54)47-23-31-18-29(3)19-36(21-31)32-9-6-8-30(20-32)27-52-28-35-12-15-46-26-41(35)52/h6-11,18-22,25,35,37,41,46H,4-5,12-17,23-24,26-28H2,1-3H3,(H,47,54)(H,48,55)(H,50,51)/t35?,41-/m1/s1. The summed E-state index contributed by atoms with van der Waals surface area (Å²) in [6.07, 6.45) is 5.67. The van der Waals surface area contributed by atoms with E-state index in [9.17, 15) is 9.59 Å². The number of carbonyl (C=O) groups is 2. The average molecular weight is 755 g/mol. The molecule has 0 radical (unpaired) electrons. The molecule has 5 heterocycles. The van der Waals surface area contributed by atoms with E-state index in [2.05, 4.69) is 94.5 Å². The smallest absolute Gasteiger partial charge is 0.251 e. The number of pyridine rings is 1. The lowest BCUT2D eigenvalue weighted by Gasteiger charge is -2.51. The van der Waals surface area contributed by atoms with E-state index < -0.39 is 0 Å². The first-order chi connectivity index (χ1) is 27.4. The zero-order chi connectivity index (χ0) is 38.6. The molecule has 8 rings (SSSR count). The third kappa shape index (κ3) is 8.21. The van der Waals surface area contributed by atoms with Crippen molar-refractivity contribution in [1.82, 2.24) is 35.6 Å². The second-order valence-electron chi connectivity index (χ2n) is 15.6. The minimum Gasteiger partial charge on any atom is -0.381 e. The minimum absolute atomic E-state index is 0.228. The third-order valence-corrected chi connectivity index (χ3v) is 11.8. The third-order valence-electron chi connectivity index (χ3n) is 11.8. The van der Waals surface area contributed by atoms with Gasteiger partial charge in [-0.05, 0) is 105 Å². The molecule has 3 aliphatic heterocycles. The molecule has 0 saturated carbocycles. The molecule has 1 unspecified atom stereocenters. The van der Waals surface area contributed by atoms with E-state index in [4.69, 9.17) is 9.72 Å². The molecule has 3 fully saturated rings. The zero-order valence-corrected chi connectivity index (χ0v) is 32.9. The molecule has 2 atom stereocenters. The van der Waals surface area contributed by atoms with Crippen LogP contribution in [-0.4, -0.2) is 76.4 Å². The van der Waals surface area contributed by atoms with Crippen molar-refractivity contribution in [3.63, 3.8) is 0 Å². The van der Waals surface area contributed by atoms with Gasteiger partial charge in [-0.2, -0.15) is 5.10 Å². The van der Waals surface area contributed by atoms with E-state index in [1.54, 1.807) is 24.3 Å². The van der Waals surface area contributed by atoms with Gasteiger partial charge in [-0.25, -0.2) is 9.67 Å². The number of fused-ring (bicyclic) bond motifs is 2. The Bertz CT molecular complexity index is 2210. The number of rotatable bonds is 13. The second kappa shape index (κ2) is 17.0. The van der Waals surface area contributed by atoms with Gasteiger partial charge in [0.25, 0.3) is 11.8 Å². The summed E-state index contributed by atoms with van der Waals surface area (Å²) in [6.45, 7) is 13.4. The molecule has 11 nitrogen and oxygen atoms in total.